The van der Waals surface area contributed by atoms with Crippen molar-refractivity contribution >= 4 is 29.0 Å². The molecule has 0 aliphatic rings. The minimum atomic E-state index is -0.518. The van der Waals surface area contributed by atoms with Gasteiger partial charge in [-0.3, -0.25) is 14.4 Å². The topological polar surface area (TPSA) is 72.5 Å². The number of nitrogens with one attached hydrogen (secondary N) is 1. The van der Waals surface area contributed by atoms with Gasteiger partial charge < -0.3 is 10.1 Å². The van der Waals surface area contributed by atoms with Crippen LogP contribution in [0.2, 0.25) is 0 Å². The van der Waals surface area contributed by atoms with Crippen LogP contribution in [0.1, 0.15) is 60.0 Å². The highest BCUT2D eigenvalue weighted by molar-refractivity contribution is 7.10. The van der Waals surface area contributed by atoms with Crippen LogP contribution in [0.3, 0.4) is 0 Å². The van der Waals surface area contributed by atoms with Crippen LogP contribution in [0, 0.1) is 0 Å². The summed E-state index contributed by atoms with van der Waals surface area (Å²) in [5, 5.41) is 4.62. The Hall–Kier alpha value is -2.47. The molecule has 1 unspecified atom stereocenters. The second-order valence-corrected chi connectivity index (χ2v) is 7.34. The van der Waals surface area contributed by atoms with Crippen molar-refractivity contribution < 1.29 is 19.1 Å². The fraction of sp³-hybridized carbons (Fsp3) is 0.381. The van der Waals surface area contributed by atoms with E-state index < -0.39 is 12.0 Å². The Balaban J connectivity index is 1.86. The standard InChI is InChI=1S/C21H25NO4S/c1-3-4-6-16-8-10-17(11-9-16)19(24)14-26-21(25)13-18(22-15(2)23)20-7-5-12-27-20/h5,7-12,18H,3-4,6,13-14H2,1-2H3,(H,22,23). The molecule has 1 N–H and O–H groups in total. The fourth-order valence-corrected chi connectivity index (χ4v) is 3.43. The quantitative estimate of drug-likeness (QED) is 0.492. The van der Waals surface area contributed by atoms with Gasteiger partial charge in [-0.1, -0.05) is 43.7 Å². The lowest BCUT2D eigenvalue weighted by Crippen LogP contribution is -2.28. The zero-order valence-electron chi connectivity index (χ0n) is 15.7. The van der Waals surface area contributed by atoms with Crippen LogP contribution >= 0.6 is 11.3 Å². The van der Waals surface area contributed by atoms with Crippen LogP contribution < -0.4 is 5.32 Å². The largest absolute Gasteiger partial charge is 0.457 e. The molecule has 0 fully saturated rings. The maximum absolute atomic E-state index is 12.2. The molecular weight excluding hydrogens is 362 g/mol. The van der Waals surface area contributed by atoms with Crippen molar-refractivity contribution in [2.24, 2.45) is 0 Å². The summed E-state index contributed by atoms with van der Waals surface area (Å²) in [6.07, 6.45) is 3.22. The van der Waals surface area contributed by atoms with Gasteiger partial charge >= 0.3 is 5.97 Å². The van der Waals surface area contributed by atoms with E-state index >= 15 is 0 Å². The Morgan fingerprint density at radius 3 is 2.48 bits per heavy atom. The van der Waals surface area contributed by atoms with E-state index in [9.17, 15) is 14.4 Å². The Morgan fingerprint density at radius 1 is 1.15 bits per heavy atom. The Kier molecular flexibility index (Phi) is 8.20. The summed E-state index contributed by atoms with van der Waals surface area (Å²) in [7, 11) is 0. The highest BCUT2D eigenvalue weighted by Gasteiger charge is 2.20. The molecule has 0 saturated heterocycles. The van der Waals surface area contributed by atoms with Crippen molar-refractivity contribution in [2.75, 3.05) is 6.61 Å². The number of ether oxygens (including phenoxy) is 1. The number of Topliss-reactive ketones (excluding diaryl/α,β-unsaturated/α-hetero) is 1. The van der Waals surface area contributed by atoms with Crippen molar-refractivity contribution in [3.63, 3.8) is 0 Å². The maximum atomic E-state index is 12.2. The molecule has 0 aliphatic carbocycles. The predicted octanol–water partition coefficient (Wildman–Crippen LogP) is 4.08. The van der Waals surface area contributed by atoms with Crippen molar-refractivity contribution in [3.05, 3.63) is 57.8 Å². The van der Waals surface area contributed by atoms with E-state index in [2.05, 4.69) is 12.2 Å². The molecule has 2 rings (SSSR count). The minimum absolute atomic E-state index is 0.0106. The number of ketones is 1. The van der Waals surface area contributed by atoms with Crippen LogP contribution in [0.25, 0.3) is 0 Å². The average molecular weight is 388 g/mol. The van der Waals surface area contributed by atoms with Gasteiger partial charge in [-0.05, 0) is 29.9 Å². The first kappa shape index (κ1) is 20.8. The SMILES string of the molecule is CCCCc1ccc(C(=O)COC(=O)CC(NC(C)=O)c2cccs2)cc1. The van der Waals surface area contributed by atoms with Crippen molar-refractivity contribution in [1.82, 2.24) is 5.32 Å². The van der Waals surface area contributed by atoms with Gasteiger partial charge in [0, 0.05) is 17.4 Å². The molecule has 1 aromatic carbocycles. The van der Waals surface area contributed by atoms with Crippen LogP contribution in [0.15, 0.2) is 41.8 Å². The molecule has 27 heavy (non-hydrogen) atoms. The number of esters is 1. The first-order chi connectivity index (χ1) is 13.0. The summed E-state index contributed by atoms with van der Waals surface area (Å²) in [4.78, 5) is 36.6. The molecule has 0 radical (unpaired) electrons. The van der Waals surface area contributed by atoms with Crippen molar-refractivity contribution in [2.45, 2.75) is 45.6 Å². The zero-order valence-corrected chi connectivity index (χ0v) is 16.5. The summed E-state index contributed by atoms with van der Waals surface area (Å²) in [5.41, 5.74) is 1.72. The zero-order chi connectivity index (χ0) is 19.6. The van der Waals surface area contributed by atoms with E-state index in [1.807, 2.05) is 29.6 Å². The van der Waals surface area contributed by atoms with E-state index in [1.165, 1.54) is 23.8 Å². The van der Waals surface area contributed by atoms with Gasteiger partial charge in [0.25, 0.3) is 0 Å². The molecule has 6 heteroatoms. The van der Waals surface area contributed by atoms with Gasteiger partial charge in [0.05, 0.1) is 12.5 Å². The number of hydrogen-bond donors (Lipinski definition) is 1. The van der Waals surface area contributed by atoms with Crippen molar-refractivity contribution in [3.8, 4) is 0 Å². The molecule has 1 aromatic heterocycles. The van der Waals surface area contributed by atoms with Crippen LogP contribution in [0.5, 0.6) is 0 Å². The van der Waals surface area contributed by atoms with E-state index in [4.69, 9.17) is 4.74 Å². The van der Waals surface area contributed by atoms with Gasteiger partial charge in [0.2, 0.25) is 5.91 Å². The lowest BCUT2D eigenvalue weighted by molar-refractivity contribution is -0.143. The summed E-state index contributed by atoms with van der Waals surface area (Å²) >= 11 is 1.45. The van der Waals surface area contributed by atoms with Crippen LogP contribution in [0.4, 0.5) is 0 Å². The third-order valence-corrected chi connectivity index (χ3v) is 5.08. The molecule has 1 heterocycles. The van der Waals surface area contributed by atoms with Crippen LogP contribution in [-0.4, -0.2) is 24.3 Å². The summed E-state index contributed by atoms with van der Waals surface area (Å²) in [5.74, 6) is -0.979. The number of amides is 1. The highest BCUT2D eigenvalue weighted by atomic mass is 32.1. The number of unbranched alkanes of at least 4 members (excludes halogenated alkanes) is 1. The number of aryl methyl sites for hydroxylation is 1. The molecule has 5 nitrogen and oxygen atoms in total. The normalized spacial score (nSPS) is 11.6. The molecule has 2 aromatic rings. The molecule has 0 spiro atoms. The van der Waals surface area contributed by atoms with E-state index in [-0.39, 0.29) is 24.7 Å². The molecule has 0 aliphatic heterocycles. The lowest BCUT2D eigenvalue weighted by Gasteiger charge is -2.15. The third kappa shape index (κ3) is 6.98. The predicted molar refractivity (Wildman–Crippen MR) is 106 cm³/mol. The first-order valence-electron chi connectivity index (χ1n) is 9.08. The summed E-state index contributed by atoms with van der Waals surface area (Å²) < 4.78 is 5.13. The highest BCUT2D eigenvalue weighted by Crippen LogP contribution is 2.22. The van der Waals surface area contributed by atoms with E-state index in [0.717, 1.165) is 24.1 Å². The number of thiophene rings is 1. The number of hydrogen-bond acceptors (Lipinski definition) is 5. The molecule has 0 bridgehead atoms. The maximum Gasteiger partial charge on any atom is 0.308 e. The van der Waals surface area contributed by atoms with Crippen LogP contribution in [-0.2, 0) is 20.7 Å². The summed E-state index contributed by atoms with van der Waals surface area (Å²) in [6.45, 7) is 3.24. The van der Waals surface area contributed by atoms with Gasteiger partial charge in [0.1, 0.15) is 0 Å². The van der Waals surface area contributed by atoms with Gasteiger partial charge in [-0.25, -0.2) is 0 Å². The molecule has 0 saturated carbocycles. The van der Waals surface area contributed by atoms with Crippen molar-refractivity contribution in [1.29, 1.82) is 0 Å². The first-order valence-corrected chi connectivity index (χ1v) is 9.95. The number of rotatable bonds is 10. The van der Waals surface area contributed by atoms with E-state index in [1.54, 1.807) is 12.1 Å². The minimum Gasteiger partial charge on any atom is -0.457 e. The summed E-state index contributed by atoms with van der Waals surface area (Å²) in [6, 6.07) is 10.7. The average Bonchev–Trinajstić information content (AvgIpc) is 3.18. The molecule has 1 amide bonds. The van der Waals surface area contributed by atoms with Gasteiger partial charge in [-0.15, -0.1) is 11.3 Å². The molecular formula is C21H25NO4S. The smallest absolute Gasteiger partial charge is 0.308 e. The Bertz CT molecular complexity index is 753. The lowest BCUT2D eigenvalue weighted by atomic mass is 10.0. The molecule has 144 valence electrons. The fourth-order valence-electron chi connectivity index (χ4n) is 2.65. The monoisotopic (exact) mass is 387 g/mol. The third-order valence-electron chi connectivity index (χ3n) is 4.09. The Morgan fingerprint density at radius 2 is 1.89 bits per heavy atom. The number of carbonyl (C=O) groups excluding carboxylic acids is 3. The van der Waals surface area contributed by atoms with Gasteiger partial charge in [-0.2, -0.15) is 0 Å². The Labute approximate surface area is 163 Å². The number of carbonyl (C=O) groups is 3. The molecule has 1 atom stereocenters. The van der Waals surface area contributed by atoms with Gasteiger partial charge in [0.15, 0.2) is 12.4 Å². The second kappa shape index (κ2) is 10.6. The van der Waals surface area contributed by atoms with E-state index in [0.29, 0.717) is 5.56 Å². The second-order valence-electron chi connectivity index (χ2n) is 6.36. The number of benzene rings is 1.